The number of aliphatic hydroxyl groups excluding tert-OH is 1. The van der Waals surface area contributed by atoms with Gasteiger partial charge in [-0.2, -0.15) is 0 Å². The number of carboxylic acid groups (broad SMARTS) is 1. The first-order chi connectivity index (χ1) is 9.81. The van der Waals surface area contributed by atoms with Crippen molar-refractivity contribution in [3.05, 3.63) is 24.3 Å². The smallest absolute Gasteiger partial charge is 0.306 e. The van der Waals surface area contributed by atoms with Crippen LogP contribution in [0.4, 0.5) is 0 Å². The lowest BCUT2D eigenvalue weighted by molar-refractivity contribution is -0.137. The van der Waals surface area contributed by atoms with Crippen LogP contribution in [0.1, 0.15) is 19.8 Å². The molecule has 1 rings (SSSR count). The van der Waals surface area contributed by atoms with E-state index in [1.807, 2.05) is 0 Å². The standard InChI is InChI=1S/C13H19NO6S/c1-10(15)6-8-14-21(18,19)12-4-2-11(3-5-12)20-9-7-13(16)17/h2-5,10,14-15H,6-9H2,1H3,(H,16,17). The number of carbonyl (C=O) groups is 1. The Morgan fingerprint density at radius 1 is 1.33 bits per heavy atom. The molecule has 0 aliphatic rings. The fourth-order valence-electron chi connectivity index (χ4n) is 1.46. The summed E-state index contributed by atoms with van der Waals surface area (Å²) in [6.45, 7) is 1.75. The van der Waals surface area contributed by atoms with Crippen molar-refractivity contribution >= 4 is 16.0 Å². The molecule has 1 atom stereocenters. The summed E-state index contributed by atoms with van der Waals surface area (Å²) in [5.74, 6) is -0.560. The van der Waals surface area contributed by atoms with Gasteiger partial charge in [0.2, 0.25) is 10.0 Å². The molecule has 7 nitrogen and oxygen atoms in total. The largest absolute Gasteiger partial charge is 0.493 e. The number of hydrogen-bond acceptors (Lipinski definition) is 5. The summed E-state index contributed by atoms with van der Waals surface area (Å²) in [4.78, 5) is 10.4. The summed E-state index contributed by atoms with van der Waals surface area (Å²) in [6.07, 6.45) is -0.367. The summed E-state index contributed by atoms with van der Waals surface area (Å²) in [5.41, 5.74) is 0. The van der Waals surface area contributed by atoms with Crippen LogP contribution in [0.2, 0.25) is 0 Å². The number of rotatable bonds is 9. The highest BCUT2D eigenvalue weighted by Crippen LogP contribution is 2.16. The molecule has 0 aliphatic carbocycles. The Labute approximate surface area is 123 Å². The van der Waals surface area contributed by atoms with E-state index in [0.717, 1.165) is 0 Å². The molecule has 1 unspecified atom stereocenters. The molecule has 0 aromatic heterocycles. The van der Waals surface area contributed by atoms with Crippen molar-refractivity contribution in [2.24, 2.45) is 0 Å². The maximum absolute atomic E-state index is 11.9. The molecular formula is C13H19NO6S. The Morgan fingerprint density at radius 2 is 1.95 bits per heavy atom. The molecule has 0 radical (unpaired) electrons. The quantitative estimate of drug-likeness (QED) is 0.614. The van der Waals surface area contributed by atoms with Crippen molar-refractivity contribution in [2.75, 3.05) is 13.2 Å². The number of aliphatic hydroxyl groups is 1. The Morgan fingerprint density at radius 3 is 2.48 bits per heavy atom. The SMILES string of the molecule is CC(O)CCNS(=O)(=O)c1ccc(OCCC(=O)O)cc1. The summed E-state index contributed by atoms with van der Waals surface area (Å²) < 4.78 is 31.4. The molecule has 0 saturated carbocycles. The van der Waals surface area contributed by atoms with Crippen LogP contribution in [0.5, 0.6) is 5.75 Å². The van der Waals surface area contributed by atoms with E-state index in [2.05, 4.69) is 4.72 Å². The minimum Gasteiger partial charge on any atom is -0.493 e. The van der Waals surface area contributed by atoms with Gasteiger partial charge in [0, 0.05) is 6.54 Å². The minimum atomic E-state index is -3.62. The zero-order valence-corrected chi connectivity index (χ0v) is 12.5. The highest BCUT2D eigenvalue weighted by molar-refractivity contribution is 7.89. The molecule has 1 aromatic carbocycles. The van der Waals surface area contributed by atoms with E-state index in [-0.39, 0.29) is 24.5 Å². The van der Waals surface area contributed by atoms with Crippen LogP contribution in [0.25, 0.3) is 0 Å². The van der Waals surface area contributed by atoms with Crippen LogP contribution in [-0.4, -0.2) is 43.9 Å². The van der Waals surface area contributed by atoms with E-state index < -0.39 is 22.1 Å². The van der Waals surface area contributed by atoms with E-state index in [1.54, 1.807) is 6.92 Å². The molecule has 0 bridgehead atoms. The van der Waals surface area contributed by atoms with Gasteiger partial charge in [0.1, 0.15) is 5.75 Å². The van der Waals surface area contributed by atoms with Gasteiger partial charge in [-0.25, -0.2) is 13.1 Å². The average molecular weight is 317 g/mol. The van der Waals surface area contributed by atoms with Crippen LogP contribution in [0.15, 0.2) is 29.2 Å². The number of sulfonamides is 1. The number of carboxylic acids is 1. The predicted molar refractivity (Wildman–Crippen MR) is 75.7 cm³/mol. The zero-order chi connectivity index (χ0) is 15.9. The zero-order valence-electron chi connectivity index (χ0n) is 11.7. The van der Waals surface area contributed by atoms with E-state index in [1.165, 1.54) is 24.3 Å². The van der Waals surface area contributed by atoms with E-state index >= 15 is 0 Å². The van der Waals surface area contributed by atoms with Crippen LogP contribution in [0.3, 0.4) is 0 Å². The lowest BCUT2D eigenvalue weighted by atomic mass is 10.3. The highest BCUT2D eigenvalue weighted by Gasteiger charge is 2.13. The Bertz CT molecular complexity index is 553. The maximum Gasteiger partial charge on any atom is 0.306 e. The monoisotopic (exact) mass is 317 g/mol. The maximum atomic E-state index is 11.9. The van der Waals surface area contributed by atoms with Crippen molar-refractivity contribution in [1.82, 2.24) is 4.72 Å². The molecule has 3 N–H and O–H groups in total. The molecule has 118 valence electrons. The van der Waals surface area contributed by atoms with Gasteiger partial charge in [-0.15, -0.1) is 0 Å². The summed E-state index contributed by atoms with van der Waals surface area (Å²) in [6, 6.07) is 5.68. The number of nitrogens with one attached hydrogen (secondary N) is 1. The van der Waals surface area contributed by atoms with Gasteiger partial charge in [-0.3, -0.25) is 4.79 Å². The molecule has 0 saturated heterocycles. The third-order valence-corrected chi connectivity index (χ3v) is 4.05. The topological polar surface area (TPSA) is 113 Å². The second-order valence-corrected chi connectivity index (χ2v) is 6.27. The molecule has 1 aromatic rings. The van der Waals surface area contributed by atoms with Crippen LogP contribution in [-0.2, 0) is 14.8 Å². The third kappa shape index (κ3) is 6.56. The third-order valence-electron chi connectivity index (χ3n) is 2.57. The van der Waals surface area contributed by atoms with Gasteiger partial charge in [0.25, 0.3) is 0 Å². The summed E-state index contributed by atoms with van der Waals surface area (Å²) in [7, 11) is -3.62. The van der Waals surface area contributed by atoms with E-state index in [0.29, 0.717) is 12.2 Å². The lowest BCUT2D eigenvalue weighted by Gasteiger charge is -2.09. The van der Waals surface area contributed by atoms with Crippen LogP contribution in [0, 0.1) is 0 Å². The number of ether oxygens (including phenoxy) is 1. The van der Waals surface area contributed by atoms with Crippen molar-refractivity contribution in [3.8, 4) is 5.75 Å². The molecular weight excluding hydrogens is 298 g/mol. The Balaban J connectivity index is 2.57. The van der Waals surface area contributed by atoms with E-state index in [4.69, 9.17) is 14.9 Å². The van der Waals surface area contributed by atoms with Crippen molar-refractivity contribution in [3.63, 3.8) is 0 Å². The normalized spacial score (nSPS) is 12.9. The number of benzene rings is 1. The average Bonchev–Trinajstić information content (AvgIpc) is 2.38. The first-order valence-electron chi connectivity index (χ1n) is 6.43. The number of aliphatic carboxylic acids is 1. The van der Waals surface area contributed by atoms with Gasteiger partial charge in [0.15, 0.2) is 0 Å². The summed E-state index contributed by atoms with van der Waals surface area (Å²) in [5, 5.41) is 17.6. The van der Waals surface area contributed by atoms with Crippen molar-refractivity contribution in [2.45, 2.75) is 30.8 Å². The van der Waals surface area contributed by atoms with Crippen molar-refractivity contribution in [1.29, 1.82) is 0 Å². The predicted octanol–water partition coefficient (Wildman–Crippen LogP) is 0.589. The second kappa shape index (κ2) is 7.96. The molecule has 21 heavy (non-hydrogen) atoms. The van der Waals surface area contributed by atoms with Crippen molar-refractivity contribution < 1.29 is 28.2 Å². The fourth-order valence-corrected chi connectivity index (χ4v) is 2.50. The molecule has 0 aliphatic heterocycles. The Kier molecular flexibility index (Phi) is 6.60. The second-order valence-electron chi connectivity index (χ2n) is 4.50. The summed E-state index contributed by atoms with van der Waals surface area (Å²) >= 11 is 0. The first-order valence-corrected chi connectivity index (χ1v) is 7.92. The van der Waals surface area contributed by atoms with Gasteiger partial charge >= 0.3 is 5.97 Å². The minimum absolute atomic E-state index is 0.0219. The Hall–Kier alpha value is -1.64. The molecule has 8 heteroatoms. The number of hydrogen-bond donors (Lipinski definition) is 3. The van der Waals surface area contributed by atoms with Gasteiger partial charge in [0.05, 0.1) is 24.0 Å². The van der Waals surface area contributed by atoms with Crippen LogP contribution < -0.4 is 9.46 Å². The van der Waals surface area contributed by atoms with E-state index in [9.17, 15) is 13.2 Å². The lowest BCUT2D eigenvalue weighted by Crippen LogP contribution is -2.26. The molecule has 0 fully saturated rings. The van der Waals surface area contributed by atoms with Gasteiger partial charge < -0.3 is 14.9 Å². The first kappa shape index (κ1) is 17.4. The van der Waals surface area contributed by atoms with Gasteiger partial charge in [-0.1, -0.05) is 0 Å². The molecule has 0 heterocycles. The van der Waals surface area contributed by atoms with Crippen LogP contribution >= 0.6 is 0 Å². The highest BCUT2D eigenvalue weighted by atomic mass is 32.2. The molecule has 0 amide bonds. The molecule has 0 spiro atoms. The van der Waals surface area contributed by atoms with Gasteiger partial charge in [-0.05, 0) is 37.6 Å². The fraction of sp³-hybridized carbons (Fsp3) is 0.462.